The SMILES string of the molecule is O=C(COc1ccc(C(=O)c2ccccc2)cc1)NNC(=O)Cc1c[nH]c2ccccc12. The molecule has 0 aliphatic heterocycles. The second-order valence-corrected chi connectivity index (χ2v) is 7.14. The smallest absolute Gasteiger partial charge is 0.276 e. The molecule has 2 amide bonds. The fourth-order valence-electron chi connectivity index (χ4n) is 3.28. The predicted octanol–water partition coefficient (Wildman–Crippen LogP) is 3.17. The number of hydrazine groups is 1. The van der Waals surface area contributed by atoms with E-state index in [0.29, 0.717) is 16.9 Å². The number of ketones is 1. The van der Waals surface area contributed by atoms with Crippen LogP contribution >= 0.6 is 0 Å². The van der Waals surface area contributed by atoms with Gasteiger partial charge in [0.05, 0.1) is 6.42 Å². The summed E-state index contributed by atoms with van der Waals surface area (Å²) in [6.07, 6.45) is 1.91. The van der Waals surface area contributed by atoms with Gasteiger partial charge in [-0.05, 0) is 35.9 Å². The molecule has 7 heteroatoms. The van der Waals surface area contributed by atoms with Crippen molar-refractivity contribution in [3.05, 3.63) is 102 Å². The van der Waals surface area contributed by atoms with E-state index in [0.717, 1.165) is 16.5 Å². The lowest BCUT2D eigenvalue weighted by Crippen LogP contribution is -2.44. The molecule has 0 radical (unpaired) electrons. The topological polar surface area (TPSA) is 100 Å². The molecule has 0 aliphatic rings. The van der Waals surface area contributed by atoms with Gasteiger partial charge in [0.2, 0.25) is 5.91 Å². The molecule has 0 saturated carbocycles. The molecule has 32 heavy (non-hydrogen) atoms. The van der Waals surface area contributed by atoms with Crippen LogP contribution < -0.4 is 15.6 Å². The summed E-state index contributed by atoms with van der Waals surface area (Å²) in [5.41, 5.74) is 7.64. The van der Waals surface area contributed by atoms with Gasteiger partial charge in [0.15, 0.2) is 12.4 Å². The van der Waals surface area contributed by atoms with E-state index in [1.54, 1.807) is 42.6 Å². The van der Waals surface area contributed by atoms with E-state index < -0.39 is 5.91 Å². The first-order chi connectivity index (χ1) is 15.6. The Morgan fingerprint density at radius 3 is 2.19 bits per heavy atom. The van der Waals surface area contributed by atoms with E-state index in [4.69, 9.17) is 4.74 Å². The largest absolute Gasteiger partial charge is 0.484 e. The Morgan fingerprint density at radius 2 is 1.41 bits per heavy atom. The lowest BCUT2D eigenvalue weighted by molar-refractivity contribution is -0.129. The molecule has 1 aromatic heterocycles. The highest BCUT2D eigenvalue weighted by atomic mass is 16.5. The van der Waals surface area contributed by atoms with Crippen LogP contribution in [0.25, 0.3) is 10.9 Å². The summed E-state index contributed by atoms with van der Waals surface area (Å²) < 4.78 is 5.42. The summed E-state index contributed by atoms with van der Waals surface area (Å²) in [4.78, 5) is 39.6. The molecular formula is C25H21N3O4. The molecule has 1 heterocycles. The van der Waals surface area contributed by atoms with Crippen LogP contribution in [0.15, 0.2) is 85.1 Å². The second-order valence-electron chi connectivity index (χ2n) is 7.14. The highest BCUT2D eigenvalue weighted by Crippen LogP contribution is 2.18. The number of benzene rings is 3. The van der Waals surface area contributed by atoms with Crippen molar-refractivity contribution in [2.75, 3.05) is 6.61 Å². The van der Waals surface area contributed by atoms with E-state index in [-0.39, 0.29) is 24.7 Å². The van der Waals surface area contributed by atoms with E-state index in [2.05, 4.69) is 15.8 Å². The van der Waals surface area contributed by atoms with Gasteiger partial charge in [-0.2, -0.15) is 0 Å². The molecule has 3 aromatic carbocycles. The number of ether oxygens (including phenoxy) is 1. The molecule has 160 valence electrons. The number of carbonyl (C=O) groups is 3. The van der Waals surface area contributed by atoms with Gasteiger partial charge < -0.3 is 9.72 Å². The lowest BCUT2D eigenvalue weighted by Gasteiger charge is -2.09. The number of aromatic amines is 1. The van der Waals surface area contributed by atoms with Gasteiger partial charge in [-0.3, -0.25) is 25.2 Å². The summed E-state index contributed by atoms with van der Waals surface area (Å²) >= 11 is 0. The number of hydrogen-bond acceptors (Lipinski definition) is 4. The van der Waals surface area contributed by atoms with E-state index in [9.17, 15) is 14.4 Å². The number of aromatic nitrogens is 1. The zero-order chi connectivity index (χ0) is 22.3. The number of hydrogen-bond donors (Lipinski definition) is 3. The molecule has 3 N–H and O–H groups in total. The van der Waals surface area contributed by atoms with Crippen LogP contribution in [0.5, 0.6) is 5.75 Å². The quantitative estimate of drug-likeness (QED) is 0.312. The molecule has 0 unspecified atom stereocenters. The van der Waals surface area contributed by atoms with Crippen LogP contribution in [0.2, 0.25) is 0 Å². The molecule has 4 rings (SSSR count). The normalized spacial score (nSPS) is 10.5. The van der Waals surface area contributed by atoms with E-state index >= 15 is 0 Å². The molecule has 4 aromatic rings. The molecule has 0 fully saturated rings. The Kier molecular flexibility index (Phi) is 6.27. The Hall–Kier alpha value is -4.39. The minimum Gasteiger partial charge on any atom is -0.484 e. The van der Waals surface area contributed by atoms with Crippen LogP contribution in [0, 0.1) is 0 Å². The van der Waals surface area contributed by atoms with Crippen molar-refractivity contribution >= 4 is 28.5 Å². The monoisotopic (exact) mass is 427 g/mol. The van der Waals surface area contributed by atoms with Crippen molar-refractivity contribution in [1.29, 1.82) is 0 Å². The minimum atomic E-state index is -0.498. The zero-order valence-electron chi connectivity index (χ0n) is 17.1. The Morgan fingerprint density at radius 1 is 0.750 bits per heavy atom. The average Bonchev–Trinajstić information content (AvgIpc) is 3.24. The summed E-state index contributed by atoms with van der Waals surface area (Å²) in [5.74, 6) is -0.490. The highest BCUT2D eigenvalue weighted by Gasteiger charge is 2.11. The van der Waals surface area contributed by atoms with Gasteiger partial charge in [-0.1, -0.05) is 48.5 Å². The summed E-state index contributed by atoms with van der Waals surface area (Å²) in [7, 11) is 0. The van der Waals surface area contributed by atoms with E-state index in [1.165, 1.54) is 0 Å². The summed E-state index contributed by atoms with van der Waals surface area (Å²) in [5, 5.41) is 0.964. The van der Waals surface area contributed by atoms with Crippen molar-refractivity contribution in [2.24, 2.45) is 0 Å². The van der Waals surface area contributed by atoms with Crippen LogP contribution in [-0.4, -0.2) is 29.2 Å². The number of para-hydroxylation sites is 1. The van der Waals surface area contributed by atoms with Gasteiger partial charge in [0.1, 0.15) is 5.75 Å². The van der Waals surface area contributed by atoms with Crippen LogP contribution in [-0.2, 0) is 16.0 Å². The van der Waals surface area contributed by atoms with E-state index in [1.807, 2.05) is 42.5 Å². The maximum atomic E-state index is 12.4. The molecule has 0 aliphatic carbocycles. The van der Waals surface area contributed by atoms with Crippen LogP contribution in [0.4, 0.5) is 0 Å². The third-order valence-corrected chi connectivity index (χ3v) is 4.89. The van der Waals surface area contributed by atoms with Crippen molar-refractivity contribution in [1.82, 2.24) is 15.8 Å². The van der Waals surface area contributed by atoms with Gasteiger partial charge >= 0.3 is 0 Å². The first kappa shape index (κ1) is 20.9. The maximum absolute atomic E-state index is 12.4. The number of fused-ring (bicyclic) bond motifs is 1. The molecular weight excluding hydrogens is 406 g/mol. The predicted molar refractivity (Wildman–Crippen MR) is 120 cm³/mol. The fraction of sp³-hybridized carbons (Fsp3) is 0.0800. The lowest BCUT2D eigenvalue weighted by atomic mass is 10.0. The Bertz CT molecular complexity index is 1250. The number of nitrogens with one attached hydrogen (secondary N) is 3. The van der Waals surface area contributed by atoms with Gasteiger partial charge in [-0.15, -0.1) is 0 Å². The summed E-state index contributed by atoms with van der Waals surface area (Å²) in [6.45, 7) is -0.278. The molecule has 0 spiro atoms. The standard InChI is InChI=1S/C25H21N3O4/c29-23(14-19-15-26-22-9-5-4-8-21(19)22)27-28-24(30)16-32-20-12-10-18(11-13-20)25(31)17-6-2-1-3-7-17/h1-13,15,26H,14,16H2,(H,27,29)(H,28,30). The highest BCUT2D eigenvalue weighted by molar-refractivity contribution is 6.09. The number of amides is 2. The second kappa shape index (κ2) is 9.61. The third-order valence-electron chi connectivity index (χ3n) is 4.89. The van der Waals surface area contributed by atoms with Crippen molar-refractivity contribution in [3.8, 4) is 5.75 Å². The molecule has 7 nitrogen and oxygen atoms in total. The van der Waals surface area contributed by atoms with Crippen molar-refractivity contribution in [2.45, 2.75) is 6.42 Å². The zero-order valence-corrected chi connectivity index (χ0v) is 17.1. The van der Waals surface area contributed by atoms with Crippen molar-refractivity contribution in [3.63, 3.8) is 0 Å². The minimum absolute atomic E-state index is 0.0900. The van der Waals surface area contributed by atoms with Gasteiger partial charge in [0.25, 0.3) is 5.91 Å². The number of carbonyl (C=O) groups excluding carboxylic acids is 3. The summed E-state index contributed by atoms with van der Waals surface area (Å²) in [6, 6.07) is 23.2. The number of H-pyrrole nitrogens is 1. The fourth-order valence-corrected chi connectivity index (χ4v) is 3.28. The van der Waals surface area contributed by atoms with Crippen LogP contribution in [0.1, 0.15) is 21.5 Å². The Balaban J connectivity index is 1.23. The number of rotatable bonds is 7. The Labute approximate surface area is 184 Å². The van der Waals surface area contributed by atoms with Gasteiger partial charge in [0, 0.05) is 28.2 Å². The maximum Gasteiger partial charge on any atom is 0.276 e. The van der Waals surface area contributed by atoms with Crippen LogP contribution in [0.3, 0.4) is 0 Å². The first-order valence-corrected chi connectivity index (χ1v) is 10.1. The molecule has 0 saturated heterocycles. The third kappa shape index (κ3) is 5.02. The molecule has 0 bridgehead atoms. The van der Waals surface area contributed by atoms with Gasteiger partial charge in [-0.25, -0.2) is 0 Å². The van der Waals surface area contributed by atoms with Crippen molar-refractivity contribution < 1.29 is 19.1 Å². The average molecular weight is 427 g/mol. The first-order valence-electron chi connectivity index (χ1n) is 10.1. The molecule has 0 atom stereocenters.